The summed E-state index contributed by atoms with van der Waals surface area (Å²) in [6, 6.07) is 15.9. The van der Waals surface area contributed by atoms with E-state index in [1.54, 1.807) is 0 Å². The van der Waals surface area contributed by atoms with Gasteiger partial charge in [-0.05, 0) is 30.2 Å². The van der Waals surface area contributed by atoms with Crippen molar-refractivity contribution in [2.45, 2.75) is 20.1 Å². The Hall–Kier alpha value is -2.75. The number of carbonyl (C=O) groups is 1. The minimum atomic E-state index is -0.543. The minimum absolute atomic E-state index is 0.208. The van der Waals surface area contributed by atoms with E-state index in [1.807, 2.05) is 36.4 Å². The van der Waals surface area contributed by atoms with E-state index in [0.717, 1.165) is 16.9 Å². The highest BCUT2D eigenvalue weighted by Crippen LogP contribution is 2.15. The maximum absolute atomic E-state index is 10.9. The molecule has 4 nitrogen and oxygen atoms in total. The lowest BCUT2D eigenvalue weighted by Gasteiger charge is -2.09. The number of rotatable bonds is 7. The van der Waals surface area contributed by atoms with Crippen molar-refractivity contribution in [2.24, 2.45) is 5.73 Å². The van der Waals surface area contributed by atoms with Crippen LogP contribution in [0.5, 0.6) is 5.75 Å². The van der Waals surface area contributed by atoms with Gasteiger partial charge in [-0.1, -0.05) is 48.5 Å². The van der Waals surface area contributed by atoms with E-state index in [0.29, 0.717) is 13.2 Å². The van der Waals surface area contributed by atoms with Crippen molar-refractivity contribution < 1.29 is 9.53 Å². The van der Waals surface area contributed by atoms with Crippen LogP contribution in [0.3, 0.4) is 0 Å². The Kier molecular flexibility index (Phi) is 5.20. The predicted octanol–water partition coefficient (Wildman–Crippen LogP) is 2.66. The van der Waals surface area contributed by atoms with Crippen LogP contribution in [0.4, 0.5) is 0 Å². The molecule has 4 heteroatoms. The number of nitrogens with two attached hydrogens (primary N) is 1. The molecule has 3 N–H and O–H groups in total. The highest BCUT2D eigenvalue weighted by atomic mass is 16.5. The van der Waals surface area contributed by atoms with Gasteiger partial charge in [0, 0.05) is 6.54 Å². The van der Waals surface area contributed by atoms with Crippen LogP contribution in [0.25, 0.3) is 0 Å². The Balaban J connectivity index is 1.86. The van der Waals surface area contributed by atoms with Crippen molar-refractivity contribution in [1.29, 1.82) is 0 Å². The second kappa shape index (κ2) is 7.31. The third-order valence-electron chi connectivity index (χ3n) is 3.21. The fraction of sp³-hybridized carbons (Fsp3) is 0.167. The Bertz CT molecular complexity index is 663. The Labute approximate surface area is 130 Å². The number of primary amides is 1. The molecule has 0 unspecified atom stereocenters. The maximum atomic E-state index is 10.9. The topological polar surface area (TPSA) is 64.3 Å². The zero-order valence-electron chi connectivity index (χ0n) is 12.6. The first-order chi connectivity index (χ1) is 10.5. The van der Waals surface area contributed by atoms with Gasteiger partial charge in [0.15, 0.2) is 0 Å². The maximum Gasteiger partial charge on any atom is 0.264 e. The van der Waals surface area contributed by atoms with Gasteiger partial charge in [0.05, 0.1) is 5.70 Å². The molecule has 1 amide bonds. The van der Waals surface area contributed by atoms with Gasteiger partial charge in [-0.2, -0.15) is 0 Å². The van der Waals surface area contributed by atoms with Gasteiger partial charge in [0.2, 0.25) is 0 Å². The number of hydrogen-bond donors (Lipinski definition) is 2. The molecule has 0 heterocycles. The highest BCUT2D eigenvalue weighted by Gasteiger charge is 2.01. The van der Waals surface area contributed by atoms with Crippen molar-refractivity contribution in [3.63, 3.8) is 0 Å². The van der Waals surface area contributed by atoms with Gasteiger partial charge in [-0.25, -0.2) is 0 Å². The average molecular weight is 296 g/mol. The van der Waals surface area contributed by atoms with Crippen LogP contribution in [0.1, 0.15) is 16.7 Å². The summed E-state index contributed by atoms with van der Waals surface area (Å²) >= 11 is 0. The molecule has 0 aliphatic carbocycles. The zero-order valence-corrected chi connectivity index (χ0v) is 12.6. The lowest BCUT2D eigenvalue weighted by Crippen LogP contribution is -2.24. The molecule has 0 aromatic heterocycles. The first-order valence-corrected chi connectivity index (χ1v) is 7.04. The first kappa shape index (κ1) is 15.6. The van der Waals surface area contributed by atoms with E-state index in [-0.39, 0.29) is 5.70 Å². The van der Waals surface area contributed by atoms with Crippen LogP contribution in [0, 0.1) is 6.92 Å². The van der Waals surface area contributed by atoms with Gasteiger partial charge in [-0.15, -0.1) is 0 Å². The van der Waals surface area contributed by atoms with Gasteiger partial charge in [-0.3, -0.25) is 4.79 Å². The minimum Gasteiger partial charge on any atom is -0.489 e. The van der Waals surface area contributed by atoms with E-state index in [4.69, 9.17) is 10.5 Å². The smallest absolute Gasteiger partial charge is 0.264 e. The molecule has 2 aromatic rings. The summed E-state index contributed by atoms with van der Waals surface area (Å²) < 4.78 is 5.75. The monoisotopic (exact) mass is 296 g/mol. The fourth-order valence-corrected chi connectivity index (χ4v) is 1.97. The van der Waals surface area contributed by atoms with Crippen molar-refractivity contribution in [3.8, 4) is 5.75 Å². The van der Waals surface area contributed by atoms with E-state index < -0.39 is 5.91 Å². The quantitative estimate of drug-likeness (QED) is 0.772. The van der Waals surface area contributed by atoms with Crippen LogP contribution in [0.2, 0.25) is 0 Å². The Morgan fingerprint density at radius 3 is 2.55 bits per heavy atom. The Morgan fingerprint density at radius 1 is 1.18 bits per heavy atom. The van der Waals surface area contributed by atoms with Crippen LogP contribution >= 0.6 is 0 Å². The van der Waals surface area contributed by atoms with Gasteiger partial charge < -0.3 is 15.8 Å². The van der Waals surface area contributed by atoms with E-state index in [1.165, 1.54) is 5.56 Å². The molecule has 0 spiro atoms. The standard InChI is InChI=1S/C18H20N2O2/c1-13-4-3-5-16(10-13)12-22-17-8-6-15(7-9-17)11-20-14(2)18(19)21/h3-10,20H,2,11-12H2,1H3,(H2,19,21). The summed E-state index contributed by atoms with van der Waals surface area (Å²) in [6.07, 6.45) is 0. The van der Waals surface area contributed by atoms with Gasteiger partial charge in [0.1, 0.15) is 12.4 Å². The lowest BCUT2D eigenvalue weighted by molar-refractivity contribution is -0.114. The summed E-state index contributed by atoms with van der Waals surface area (Å²) in [6.45, 7) is 6.65. The molecular formula is C18H20N2O2. The summed E-state index contributed by atoms with van der Waals surface area (Å²) in [7, 11) is 0. The summed E-state index contributed by atoms with van der Waals surface area (Å²) in [5.41, 5.74) is 8.70. The van der Waals surface area contributed by atoms with Crippen molar-refractivity contribution >= 4 is 5.91 Å². The molecule has 0 atom stereocenters. The fourth-order valence-electron chi connectivity index (χ4n) is 1.97. The van der Waals surface area contributed by atoms with E-state index >= 15 is 0 Å². The number of nitrogens with one attached hydrogen (secondary N) is 1. The molecule has 0 aliphatic rings. The molecule has 0 fully saturated rings. The Morgan fingerprint density at radius 2 is 1.91 bits per heavy atom. The molecule has 22 heavy (non-hydrogen) atoms. The molecule has 0 bridgehead atoms. The molecule has 0 saturated carbocycles. The van der Waals surface area contributed by atoms with Crippen LogP contribution in [-0.2, 0) is 17.9 Å². The third-order valence-corrected chi connectivity index (χ3v) is 3.21. The molecule has 2 rings (SSSR count). The van der Waals surface area contributed by atoms with E-state index in [9.17, 15) is 4.79 Å². The summed E-state index contributed by atoms with van der Waals surface area (Å²) in [5, 5.41) is 2.87. The van der Waals surface area contributed by atoms with Crippen LogP contribution in [-0.4, -0.2) is 5.91 Å². The molecule has 0 radical (unpaired) electrons. The normalized spacial score (nSPS) is 10.0. The summed E-state index contributed by atoms with van der Waals surface area (Å²) in [5.74, 6) is 0.261. The van der Waals surface area contributed by atoms with Crippen molar-refractivity contribution in [3.05, 3.63) is 77.5 Å². The molecule has 0 saturated heterocycles. The van der Waals surface area contributed by atoms with Gasteiger partial charge in [0.25, 0.3) is 5.91 Å². The second-order valence-corrected chi connectivity index (χ2v) is 5.12. The number of amides is 1. The molecule has 0 aliphatic heterocycles. The number of carbonyl (C=O) groups excluding carboxylic acids is 1. The van der Waals surface area contributed by atoms with Crippen LogP contribution in [0.15, 0.2) is 60.8 Å². The average Bonchev–Trinajstić information content (AvgIpc) is 2.51. The van der Waals surface area contributed by atoms with E-state index in [2.05, 4.69) is 31.0 Å². The third kappa shape index (κ3) is 4.66. The lowest BCUT2D eigenvalue weighted by atomic mass is 10.1. The molecule has 2 aromatic carbocycles. The van der Waals surface area contributed by atoms with Crippen molar-refractivity contribution in [2.75, 3.05) is 0 Å². The second-order valence-electron chi connectivity index (χ2n) is 5.12. The molecule has 114 valence electrons. The zero-order chi connectivity index (χ0) is 15.9. The predicted molar refractivity (Wildman–Crippen MR) is 87.1 cm³/mol. The first-order valence-electron chi connectivity index (χ1n) is 7.04. The SMILES string of the molecule is C=C(NCc1ccc(OCc2cccc(C)c2)cc1)C(N)=O. The number of ether oxygens (including phenoxy) is 1. The van der Waals surface area contributed by atoms with Crippen LogP contribution < -0.4 is 15.8 Å². The molecular weight excluding hydrogens is 276 g/mol. The number of benzene rings is 2. The summed E-state index contributed by atoms with van der Waals surface area (Å²) in [4.78, 5) is 10.9. The van der Waals surface area contributed by atoms with Crippen molar-refractivity contribution in [1.82, 2.24) is 5.32 Å². The number of aryl methyl sites for hydroxylation is 1. The number of hydrogen-bond acceptors (Lipinski definition) is 3. The largest absolute Gasteiger partial charge is 0.489 e. The highest BCUT2D eigenvalue weighted by molar-refractivity contribution is 5.90. The van der Waals surface area contributed by atoms with Gasteiger partial charge >= 0.3 is 0 Å².